The fourth-order valence-electron chi connectivity index (χ4n) is 3.67. The highest BCUT2D eigenvalue weighted by Gasteiger charge is 2.27. The maximum absolute atomic E-state index is 12.7. The Kier molecular flexibility index (Phi) is 7.83. The average Bonchev–Trinajstić information content (AvgIpc) is 2.70. The number of carbonyl (C=O) groups is 2. The van der Waals surface area contributed by atoms with E-state index in [1.807, 2.05) is 45.0 Å². The lowest BCUT2D eigenvalue weighted by Gasteiger charge is -2.26. The number of esters is 1. The Morgan fingerprint density at radius 1 is 1.12 bits per heavy atom. The maximum Gasteiger partial charge on any atom is 0.309 e. The molecule has 0 bridgehead atoms. The summed E-state index contributed by atoms with van der Waals surface area (Å²) in [6.45, 7) is 7.11. The van der Waals surface area contributed by atoms with Gasteiger partial charge in [0.15, 0.2) is 5.78 Å². The molecule has 26 heavy (non-hydrogen) atoms. The highest BCUT2D eigenvalue weighted by molar-refractivity contribution is 5.97. The Bertz CT molecular complexity index is 588. The Balaban J connectivity index is 1.96. The molecule has 1 aromatic rings. The summed E-state index contributed by atoms with van der Waals surface area (Å²) in [5.41, 5.74) is 7.58. The van der Waals surface area contributed by atoms with E-state index in [1.54, 1.807) is 0 Å². The molecule has 2 atom stereocenters. The lowest BCUT2D eigenvalue weighted by atomic mass is 9.78. The maximum atomic E-state index is 12.7. The van der Waals surface area contributed by atoms with E-state index < -0.39 is 0 Å². The largest absolute Gasteiger partial charge is 0.465 e. The van der Waals surface area contributed by atoms with Crippen molar-refractivity contribution >= 4 is 11.8 Å². The summed E-state index contributed by atoms with van der Waals surface area (Å²) in [5.74, 6) is 0.657. The Labute approximate surface area is 157 Å². The van der Waals surface area contributed by atoms with Gasteiger partial charge in [-0.2, -0.15) is 0 Å². The lowest BCUT2D eigenvalue weighted by molar-refractivity contribution is -0.148. The van der Waals surface area contributed by atoms with Crippen LogP contribution in [0.4, 0.5) is 0 Å². The highest BCUT2D eigenvalue weighted by atomic mass is 16.5. The van der Waals surface area contributed by atoms with Crippen molar-refractivity contribution in [1.82, 2.24) is 0 Å². The zero-order chi connectivity index (χ0) is 19.1. The minimum Gasteiger partial charge on any atom is -0.465 e. The molecule has 0 spiro atoms. The molecule has 0 saturated heterocycles. The van der Waals surface area contributed by atoms with Crippen LogP contribution >= 0.6 is 0 Å². The predicted molar refractivity (Wildman–Crippen MR) is 104 cm³/mol. The van der Waals surface area contributed by atoms with Gasteiger partial charge in [0.25, 0.3) is 0 Å². The second-order valence-electron chi connectivity index (χ2n) is 7.68. The fraction of sp³-hybridized carbons (Fsp3) is 0.636. The third kappa shape index (κ3) is 5.16. The van der Waals surface area contributed by atoms with Crippen LogP contribution in [0.15, 0.2) is 24.3 Å². The van der Waals surface area contributed by atoms with Crippen molar-refractivity contribution in [3.63, 3.8) is 0 Å². The molecule has 0 radical (unpaired) electrons. The van der Waals surface area contributed by atoms with E-state index in [1.165, 1.54) is 0 Å². The zero-order valence-electron chi connectivity index (χ0n) is 16.4. The van der Waals surface area contributed by atoms with E-state index in [0.29, 0.717) is 12.5 Å². The second-order valence-corrected chi connectivity index (χ2v) is 7.68. The minimum atomic E-state index is -0.199. The van der Waals surface area contributed by atoms with E-state index in [-0.39, 0.29) is 29.5 Å². The van der Waals surface area contributed by atoms with E-state index in [0.717, 1.165) is 49.8 Å². The Morgan fingerprint density at radius 2 is 1.73 bits per heavy atom. The van der Waals surface area contributed by atoms with Crippen LogP contribution in [0.5, 0.6) is 0 Å². The molecule has 1 aromatic carbocycles. The molecule has 4 nitrogen and oxygen atoms in total. The molecule has 144 valence electrons. The van der Waals surface area contributed by atoms with Gasteiger partial charge >= 0.3 is 5.97 Å². The van der Waals surface area contributed by atoms with Crippen LogP contribution in [0.2, 0.25) is 0 Å². The number of ketones is 1. The van der Waals surface area contributed by atoms with Crippen LogP contribution in [0.1, 0.15) is 74.7 Å². The highest BCUT2D eigenvalue weighted by Crippen LogP contribution is 2.31. The van der Waals surface area contributed by atoms with E-state index in [2.05, 4.69) is 0 Å². The summed E-state index contributed by atoms with van der Waals surface area (Å²) in [5, 5.41) is 0. The Hall–Kier alpha value is -1.68. The summed E-state index contributed by atoms with van der Waals surface area (Å²) in [6, 6.07) is 7.78. The fourth-order valence-corrected chi connectivity index (χ4v) is 3.67. The SMILES string of the molecule is CCCOC(=O)C(C)C(C)c1ccc(C(=O)C2CCC(CN)CC2)cc1. The summed E-state index contributed by atoms with van der Waals surface area (Å²) < 4.78 is 5.25. The van der Waals surface area contributed by atoms with Crippen molar-refractivity contribution in [1.29, 1.82) is 0 Å². The van der Waals surface area contributed by atoms with Crippen molar-refractivity contribution in [2.45, 2.75) is 58.8 Å². The summed E-state index contributed by atoms with van der Waals surface area (Å²) in [7, 11) is 0. The first-order valence-electron chi connectivity index (χ1n) is 9.98. The summed E-state index contributed by atoms with van der Waals surface area (Å²) in [6.07, 6.45) is 4.83. The number of Topliss-reactive ketones (excluding diaryl/α,β-unsaturated/α-hetero) is 1. The molecule has 0 amide bonds. The summed E-state index contributed by atoms with van der Waals surface area (Å²) >= 11 is 0. The van der Waals surface area contributed by atoms with E-state index in [9.17, 15) is 9.59 Å². The topological polar surface area (TPSA) is 69.4 Å². The Morgan fingerprint density at radius 3 is 2.27 bits per heavy atom. The van der Waals surface area contributed by atoms with Gasteiger partial charge in [0.2, 0.25) is 0 Å². The molecule has 2 N–H and O–H groups in total. The monoisotopic (exact) mass is 359 g/mol. The molecule has 1 aliphatic carbocycles. The quantitative estimate of drug-likeness (QED) is 0.554. The molecule has 4 heteroatoms. The van der Waals surface area contributed by atoms with Gasteiger partial charge in [-0.1, -0.05) is 45.0 Å². The van der Waals surface area contributed by atoms with Crippen molar-refractivity contribution in [3.8, 4) is 0 Å². The molecule has 2 unspecified atom stereocenters. The first-order chi connectivity index (χ1) is 12.5. The van der Waals surface area contributed by atoms with E-state index >= 15 is 0 Å². The van der Waals surface area contributed by atoms with Gasteiger partial charge in [-0.15, -0.1) is 0 Å². The van der Waals surface area contributed by atoms with E-state index in [4.69, 9.17) is 10.5 Å². The molecule has 0 aliphatic heterocycles. The zero-order valence-corrected chi connectivity index (χ0v) is 16.4. The first-order valence-corrected chi connectivity index (χ1v) is 9.98. The van der Waals surface area contributed by atoms with Crippen molar-refractivity contribution in [2.24, 2.45) is 23.5 Å². The van der Waals surface area contributed by atoms with Crippen LogP contribution in [-0.2, 0) is 9.53 Å². The third-order valence-electron chi connectivity index (χ3n) is 5.84. The average molecular weight is 360 g/mol. The molecule has 0 aromatic heterocycles. The van der Waals surface area contributed by atoms with Gasteiger partial charge < -0.3 is 10.5 Å². The van der Waals surface area contributed by atoms with Crippen molar-refractivity contribution < 1.29 is 14.3 Å². The molecule has 1 fully saturated rings. The third-order valence-corrected chi connectivity index (χ3v) is 5.84. The van der Waals surface area contributed by atoms with Crippen LogP contribution in [-0.4, -0.2) is 24.9 Å². The van der Waals surface area contributed by atoms with Gasteiger partial charge in [0.1, 0.15) is 0 Å². The molecular weight excluding hydrogens is 326 g/mol. The summed E-state index contributed by atoms with van der Waals surface area (Å²) in [4.78, 5) is 24.8. The number of rotatable bonds is 8. The number of nitrogens with two attached hydrogens (primary N) is 1. The van der Waals surface area contributed by atoms with Gasteiger partial charge in [0.05, 0.1) is 12.5 Å². The normalized spacial score (nSPS) is 22.5. The van der Waals surface area contributed by atoms with Gasteiger partial charge in [-0.05, 0) is 56.0 Å². The standard InChI is InChI=1S/C22H33NO3/c1-4-13-26-22(25)16(3)15(2)18-9-11-20(12-10-18)21(24)19-7-5-17(14-23)6-8-19/h9-12,15-17,19H,4-8,13-14,23H2,1-3H3. The number of carbonyl (C=O) groups excluding carboxylic acids is 2. The van der Waals surface area contributed by atoms with Crippen LogP contribution in [0.3, 0.4) is 0 Å². The molecule has 2 rings (SSSR count). The van der Waals surface area contributed by atoms with Crippen molar-refractivity contribution in [2.75, 3.05) is 13.2 Å². The molecule has 0 heterocycles. The second kappa shape index (κ2) is 9.86. The van der Waals surface area contributed by atoms with Gasteiger partial charge in [0, 0.05) is 11.5 Å². The molecule has 1 saturated carbocycles. The number of hydrogen-bond acceptors (Lipinski definition) is 4. The van der Waals surface area contributed by atoms with Crippen LogP contribution in [0.25, 0.3) is 0 Å². The predicted octanol–water partition coefficient (Wildman–Crippen LogP) is 4.33. The minimum absolute atomic E-state index is 0.0588. The number of ether oxygens (including phenoxy) is 1. The first kappa shape index (κ1) is 20.6. The molecule has 1 aliphatic rings. The van der Waals surface area contributed by atoms with Crippen LogP contribution in [0, 0.1) is 17.8 Å². The lowest BCUT2D eigenvalue weighted by Crippen LogP contribution is -2.25. The number of hydrogen-bond donors (Lipinski definition) is 1. The van der Waals surface area contributed by atoms with Gasteiger partial charge in [-0.25, -0.2) is 0 Å². The molecular formula is C22H33NO3. The van der Waals surface area contributed by atoms with Crippen LogP contribution < -0.4 is 5.73 Å². The number of benzene rings is 1. The van der Waals surface area contributed by atoms with Crippen molar-refractivity contribution in [3.05, 3.63) is 35.4 Å². The van der Waals surface area contributed by atoms with Gasteiger partial charge in [-0.3, -0.25) is 9.59 Å². The smallest absolute Gasteiger partial charge is 0.309 e.